The third-order valence-corrected chi connectivity index (χ3v) is 3.21. The summed E-state index contributed by atoms with van der Waals surface area (Å²) in [5.41, 5.74) is 2.49. The number of nitrogens with zero attached hydrogens (tertiary/aromatic N) is 2. The first-order chi connectivity index (χ1) is 9.72. The fourth-order valence-corrected chi connectivity index (χ4v) is 2.02. The Morgan fingerprint density at radius 3 is 2.50 bits per heavy atom. The quantitative estimate of drug-likeness (QED) is 0.825. The number of anilines is 1. The van der Waals surface area contributed by atoms with E-state index >= 15 is 0 Å². The summed E-state index contributed by atoms with van der Waals surface area (Å²) in [5, 5.41) is 0. The van der Waals surface area contributed by atoms with Gasteiger partial charge in [-0.25, -0.2) is 0 Å². The number of rotatable bonds is 5. The van der Waals surface area contributed by atoms with Gasteiger partial charge in [0.15, 0.2) is 0 Å². The van der Waals surface area contributed by atoms with Crippen molar-refractivity contribution in [3.8, 4) is 0 Å². The molecule has 3 nitrogen and oxygen atoms in total. The number of amides is 1. The number of benzene rings is 1. The van der Waals surface area contributed by atoms with Crippen molar-refractivity contribution in [2.24, 2.45) is 0 Å². The SMILES string of the molecule is CCCCN(C(=O)c1ccc(C)nc1)c1ccccc1. The lowest BCUT2D eigenvalue weighted by Gasteiger charge is -2.22. The first kappa shape index (κ1) is 14.3. The maximum atomic E-state index is 12.6. The van der Waals surface area contributed by atoms with E-state index < -0.39 is 0 Å². The van der Waals surface area contributed by atoms with E-state index in [4.69, 9.17) is 0 Å². The van der Waals surface area contributed by atoms with Gasteiger partial charge < -0.3 is 4.90 Å². The molecule has 3 heteroatoms. The van der Waals surface area contributed by atoms with Crippen LogP contribution in [0.5, 0.6) is 0 Å². The second-order valence-electron chi connectivity index (χ2n) is 4.83. The summed E-state index contributed by atoms with van der Waals surface area (Å²) in [6.45, 7) is 4.77. The van der Waals surface area contributed by atoms with Crippen LogP contribution in [-0.2, 0) is 0 Å². The third-order valence-electron chi connectivity index (χ3n) is 3.21. The molecule has 0 atom stereocenters. The zero-order valence-electron chi connectivity index (χ0n) is 12.0. The van der Waals surface area contributed by atoms with E-state index in [0.717, 1.165) is 30.8 Å². The van der Waals surface area contributed by atoms with Gasteiger partial charge in [-0.2, -0.15) is 0 Å². The molecule has 1 aromatic carbocycles. The van der Waals surface area contributed by atoms with Crippen molar-refractivity contribution < 1.29 is 4.79 Å². The maximum absolute atomic E-state index is 12.6. The largest absolute Gasteiger partial charge is 0.308 e. The van der Waals surface area contributed by atoms with Crippen molar-refractivity contribution >= 4 is 11.6 Å². The predicted octanol–water partition coefficient (Wildman–Crippen LogP) is 3.84. The topological polar surface area (TPSA) is 33.2 Å². The molecule has 1 amide bonds. The van der Waals surface area contributed by atoms with E-state index in [1.807, 2.05) is 54.3 Å². The Balaban J connectivity index is 2.26. The van der Waals surface area contributed by atoms with Crippen LogP contribution in [0.3, 0.4) is 0 Å². The summed E-state index contributed by atoms with van der Waals surface area (Å²) in [4.78, 5) is 18.7. The molecule has 1 heterocycles. The van der Waals surface area contributed by atoms with Crippen molar-refractivity contribution in [1.29, 1.82) is 0 Å². The molecular formula is C17H20N2O. The molecule has 0 aliphatic rings. The van der Waals surface area contributed by atoms with Gasteiger partial charge in [0.25, 0.3) is 5.91 Å². The van der Waals surface area contributed by atoms with Gasteiger partial charge in [-0.15, -0.1) is 0 Å². The van der Waals surface area contributed by atoms with E-state index in [1.54, 1.807) is 6.20 Å². The molecule has 0 aliphatic carbocycles. The summed E-state index contributed by atoms with van der Waals surface area (Å²) in [5.74, 6) is 0.0113. The molecule has 2 rings (SSSR count). The van der Waals surface area contributed by atoms with Crippen molar-refractivity contribution in [3.05, 3.63) is 59.9 Å². The Labute approximate surface area is 120 Å². The summed E-state index contributed by atoms with van der Waals surface area (Å²) in [6, 6.07) is 13.5. The van der Waals surface area contributed by atoms with E-state index in [1.165, 1.54) is 0 Å². The Hall–Kier alpha value is -2.16. The molecule has 0 unspecified atom stereocenters. The van der Waals surface area contributed by atoms with E-state index in [2.05, 4.69) is 11.9 Å². The zero-order chi connectivity index (χ0) is 14.4. The Kier molecular flexibility index (Phi) is 4.88. The minimum absolute atomic E-state index is 0.0113. The van der Waals surface area contributed by atoms with E-state index in [0.29, 0.717) is 5.56 Å². The average Bonchev–Trinajstić information content (AvgIpc) is 2.49. The van der Waals surface area contributed by atoms with Crippen LogP contribution in [0.15, 0.2) is 48.7 Å². The van der Waals surface area contributed by atoms with Crippen LogP contribution in [0.2, 0.25) is 0 Å². The lowest BCUT2D eigenvalue weighted by molar-refractivity contribution is 0.0986. The van der Waals surface area contributed by atoms with Gasteiger partial charge in [-0.05, 0) is 37.6 Å². The number of aryl methyl sites for hydroxylation is 1. The first-order valence-corrected chi connectivity index (χ1v) is 7.02. The predicted molar refractivity (Wildman–Crippen MR) is 82.0 cm³/mol. The zero-order valence-corrected chi connectivity index (χ0v) is 12.0. The normalized spacial score (nSPS) is 10.3. The molecule has 104 valence electrons. The molecule has 0 fully saturated rings. The summed E-state index contributed by atoms with van der Waals surface area (Å²) >= 11 is 0. The number of hydrogen-bond donors (Lipinski definition) is 0. The summed E-state index contributed by atoms with van der Waals surface area (Å²) in [6.07, 6.45) is 3.70. The highest BCUT2D eigenvalue weighted by Gasteiger charge is 2.17. The van der Waals surface area contributed by atoms with Gasteiger partial charge in [0.05, 0.1) is 5.56 Å². The number of aromatic nitrogens is 1. The number of para-hydroxylation sites is 1. The number of unbranched alkanes of at least 4 members (excludes halogenated alkanes) is 1. The fourth-order valence-electron chi connectivity index (χ4n) is 2.02. The third kappa shape index (κ3) is 3.44. The Morgan fingerprint density at radius 1 is 1.15 bits per heavy atom. The van der Waals surface area contributed by atoms with Gasteiger partial charge in [0, 0.05) is 24.1 Å². The van der Waals surface area contributed by atoms with Crippen LogP contribution in [0, 0.1) is 6.92 Å². The lowest BCUT2D eigenvalue weighted by Crippen LogP contribution is -2.32. The second-order valence-corrected chi connectivity index (χ2v) is 4.83. The van der Waals surface area contributed by atoms with Crippen LogP contribution in [-0.4, -0.2) is 17.4 Å². The Bertz CT molecular complexity index is 549. The second kappa shape index (κ2) is 6.85. The molecule has 0 saturated carbocycles. The Morgan fingerprint density at radius 2 is 1.90 bits per heavy atom. The molecule has 0 aliphatic heterocycles. The van der Waals surface area contributed by atoms with Crippen LogP contribution in [0.4, 0.5) is 5.69 Å². The van der Waals surface area contributed by atoms with Crippen LogP contribution in [0.1, 0.15) is 35.8 Å². The highest BCUT2D eigenvalue weighted by molar-refractivity contribution is 6.05. The van der Waals surface area contributed by atoms with Crippen molar-refractivity contribution in [3.63, 3.8) is 0 Å². The van der Waals surface area contributed by atoms with Gasteiger partial charge in [0.2, 0.25) is 0 Å². The molecule has 0 bridgehead atoms. The number of hydrogen-bond acceptors (Lipinski definition) is 2. The molecule has 2 aromatic rings. The van der Waals surface area contributed by atoms with Gasteiger partial charge in [0.1, 0.15) is 0 Å². The van der Waals surface area contributed by atoms with E-state index in [-0.39, 0.29) is 5.91 Å². The maximum Gasteiger partial charge on any atom is 0.259 e. The highest BCUT2D eigenvalue weighted by Crippen LogP contribution is 2.17. The van der Waals surface area contributed by atoms with Crippen LogP contribution < -0.4 is 4.90 Å². The van der Waals surface area contributed by atoms with Gasteiger partial charge in [-0.3, -0.25) is 9.78 Å². The molecular weight excluding hydrogens is 248 g/mol. The first-order valence-electron chi connectivity index (χ1n) is 7.02. The summed E-state index contributed by atoms with van der Waals surface area (Å²) in [7, 11) is 0. The fraction of sp³-hybridized carbons (Fsp3) is 0.294. The van der Waals surface area contributed by atoms with Crippen LogP contribution in [0.25, 0.3) is 0 Å². The average molecular weight is 268 g/mol. The van der Waals surface area contributed by atoms with Crippen LogP contribution >= 0.6 is 0 Å². The van der Waals surface area contributed by atoms with Gasteiger partial charge >= 0.3 is 0 Å². The minimum atomic E-state index is 0.0113. The standard InChI is InChI=1S/C17H20N2O/c1-3-4-12-19(16-8-6-5-7-9-16)17(20)15-11-10-14(2)18-13-15/h5-11,13H,3-4,12H2,1-2H3. The highest BCUT2D eigenvalue weighted by atomic mass is 16.2. The minimum Gasteiger partial charge on any atom is -0.308 e. The van der Waals surface area contributed by atoms with Crippen molar-refractivity contribution in [2.75, 3.05) is 11.4 Å². The molecule has 1 aromatic heterocycles. The van der Waals surface area contributed by atoms with E-state index in [9.17, 15) is 4.79 Å². The molecule has 0 saturated heterocycles. The number of carbonyl (C=O) groups is 1. The lowest BCUT2D eigenvalue weighted by atomic mass is 10.2. The number of carbonyl (C=O) groups excluding carboxylic acids is 1. The molecule has 20 heavy (non-hydrogen) atoms. The van der Waals surface area contributed by atoms with Gasteiger partial charge in [-0.1, -0.05) is 31.5 Å². The number of pyridine rings is 1. The smallest absolute Gasteiger partial charge is 0.259 e. The molecule has 0 N–H and O–H groups in total. The van der Waals surface area contributed by atoms with Crippen molar-refractivity contribution in [1.82, 2.24) is 4.98 Å². The molecule has 0 radical (unpaired) electrons. The summed E-state index contributed by atoms with van der Waals surface area (Å²) < 4.78 is 0. The monoisotopic (exact) mass is 268 g/mol. The molecule has 0 spiro atoms. The van der Waals surface area contributed by atoms with Crippen molar-refractivity contribution in [2.45, 2.75) is 26.7 Å².